The number of hydrogen-bond donors (Lipinski definition) is 3. The lowest BCUT2D eigenvalue weighted by Crippen LogP contribution is -2.54. The molecule has 1 aliphatic carbocycles. The molecule has 54 heavy (non-hydrogen) atoms. The van der Waals surface area contributed by atoms with Crippen molar-refractivity contribution in [3.63, 3.8) is 0 Å². The van der Waals surface area contributed by atoms with Crippen molar-refractivity contribution in [2.45, 2.75) is 82.2 Å². The summed E-state index contributed by atoms with van der Waals surface area (Å²) in [5.74, 6) is -1.07. The average Bonchev–Trinajstić information content (AvgIpc) is 3.17. The number of nitrogens with zero attached hydrogens (tertiary/aromatic N) is 1. The van der Waals surface area contributed by atoms with E-state index in [4.69, 9.17) is 9.47 Å². The highest BCUT2D eigenvalue weighted by Gasteiger charge is 2.49. The van der Waals surface area contributed by atoms with Crippen molar-refractivity contribution in [1.29, 1.82) is 0 Å². The Hall–Kier alpha value is -4.49. The van der Waals surface area contributed by atoms with Crippen LogP contribution >= 0.6 is 27.0 Å². The molecule has 1 heterocycles. The van der Waals surface area contributed by atoms with Crippen molar-refractivity contribution in [3.05, 3.63) is 101 Å². The van der Waals surface area contributed by atoms with E-state index in [9.17, 15) is 24.0 Å². The van der Waals surface area contributed by atoms with Gasteiger partial charge in [-0.1, -0.05) is 66.7 Å². The van der Waals surface area contributed by atoms with E-state index in [-0.39, 0.29) is 63.3 Å². The van der Waals surface area contributed by atoms with E-state index in [0.717, 1.165) is 16.7 Å². The fourth-order valence-electron chi connectivity index (χ4n) is 7.56. The van der Waals surface area contributed by atoms with Gasteiger partial charge in [0, 0.05) is 32.6 Å². The Morgan fingerprint density at radius 1 is 0.870 bits per heavy atom. The second-order valence-corrected chi connectivity index (χ2v) is 13.5. The van der Waals surface area contributed by atoms with Crippen molar-refractivity contribution in [3.8, 4) is 5.75 Å². The number of methoxy groups -OCH3 is 1. The molecule has 0 aromatic heterocycles. The summed E-state index contributed by atoms with van der Waals surface area (Å²) in [6, 6.07) is 23.3. The third kappa shape index (κ3) is 10.2. The summed E-state index contributed by atoms with van der Waals surface area (Å²) in [7, 11) is 1.54. The molecular weight excluding hydrogens is 725 g/mol. The molecule has 0 radical (unpaired) electrons. The van der Waals surface area contributed by atoms with E-state index in [1.807, 2.05) is 65.6 Å². The van der Waals surface area contributed by atoms with Crippen LogP contribution < -0.4 is 20.7 Å². The van der Waals surface area contributed by atoms with Gasteiger partial charge >= 0.3 is 5.97 Å². The Labute approximate surface area is 332 Å². The van der Waals surface area contributed by atoms with Gasteiger partial charge in [0.1, 0.15) is 11.8 Å². The van der Waals surface area contributed by atoms with E-state index >= 15 is 0 Å². The molecule has 0 unspecified atom stereocenters. The number of carbonyl (C=O) groups excluding carboxylic acids is 5. The molecule has 4 amide bonds. The summed E-state index contributed by atoms with van der Waals surface area (Å²) in [6.45, 7) is 4.85. The molecule has 3 N–H and O–H groups in total. The van der Waals surface area contributed by atoms with Crippen molar-refractivity contribution in [2.75, 3.05) is 33.4 Å². The summed E-state index contributed by atoms with van der Waals surface area (Å²) in [6.07, 6.45) is 3.63. The van der Waals surface area contributed by atoms with Crippen LogP contribution in [0.1, 0.15) is 91.8 Å². The zero-order valence-corrected chi connectivity index (χ0v) is 33.3. The number of rotatable bonds is 14. The third-order valence-corrected chi connectivity index (χ3v) is 10.2. The van der Waals surface area contributed by atoms with Crippen molar-refractivity contribution in [2.24, 2.45) is 0 Å². The molecular formula is C41H54N4O7S2. The number of piperidine rings is 1. The van der Waals surface area contributed by atoms with Gasteiger partial charge in [0.25, 0.3) is 5.91 Å². The molecule has 1 aliphatic heterocycles. The second-order valence-electron chi connectivity index (χ2n) is 13.5. The minimum Gasteiger partial charge on any atom is -0.496 e. The minimum absolute atomic E-state index is 0. The molecule has 11 nitrogen and oxygen atoms in total. The van der Waals surface area contributed by atoms with Gasteiger partial charge in [-0.15, -0.1) is 0 Å². The Kier molecular flexibility index (Phi) is 16.9. The van der Waals surface area contributed by atoms with Gasteiger partial charge in [0.2, 0.25) is 17.7 Å². The normalized spacial score (nSPS) is 18.4. The maximum Gasteiger partial charge on any atom is 0.328 e. The molecule has 3 aromatic carbocycles. The van der Waals surface area contributed by atoms with Gasteiger partial charge in [0.15, 0.2) is 0 Å². The van der Waals surface area contributed by atoms with Gasteiger partial charge < -0.3 is 30.3 Å². The van der Waals surface area contributed by atoms with Crippen LogP contribution in [0.15, 0.2) is 78.9 Å². The molecule has 3 aromatic rings. The van der Waals surface area contributed by atoms with Crippen molar-refractivity contribution in [1.82, 2.24) is 20.9 Å². The quantitative estimate of drug-likeness (QED) is 0.157. The first-order valence-electron chi connectivity index (χ1n) is 18.3. The Morgan fingerprint density at radius 2 is 1.54 bits per heavy atom. The van der Waals surface area contributed by atoms with Gasteiger partial charge in [-0.05, 0) is 80.7 Å². The maximum absolute atomic E-state index is 14.7. The van der Waals surface area contributed by atoms with Gasteiger partial charge in [0.05, 0.1) is 30.6 Å². The first kappa shape index (κ1) is 43.9. The van der Waals surface area contributed by atoms with Crippen molar-refractivity contribution >= 4 is 56.6 Å². The lowest BCUT2D eigenvalue weighted by molar-refractivity contribution is -0.148. The predicted molar refractivity (Wildman–Crippen MR) is 218 cm³/mol. The monoisotopic (exact) mass is 778 g/mol. The number of amides is 4. The van der Waals surface area contributed by atoms with E-state index in [1.54, 1.807) is 25.1 Å². The van der Waals surface area contributed by atoms with Crippen LogP contribution in [0.5, 0.6) is 5.75 Å². The van der Waals surface area contributed by atoms with E-state index in [0.29, 0.717) is 75.9 Å². The summed E-state index contributed by atoms with van der Waals surface area (Å²) in [5, 5.41) is 8.94. The summed E-state index contributed by atoms with van der Waals surface area (Å²) < 4.78 is 10.7. The number of carbonyl (C=O) groups is 5. The number of para-hydroxylation sites is 1. The van der Waals surface area contributed by atoms with Crippen LogP contribution in [0.2, 0.25) is 0 Å². The Morgan fingerprint density at radius 3 is 2.22 bits per heavy atom. The zero-order chi connectivity index (χ0) is 37.1. The van der Waals surface area contributed by atoms with E-state index < -0.39 is 23.3 Å². The number of ether oxygens (including phenoxy) is 2. The number of unbranched alkanes of at least 4 members (excludes halogenated alkanes) is 1. The smallest absolute Gasteiger partial charge is 0.328 e. The number of esters is 1. The molecule has 13 heteroatoms. The molecule has 3 atom stereocenters. The summed E-state index contributed by atoms with van der Waals surface area (Å²) in [4.78, 5) is 68.3. The van der Waals surface area contributed by atoms with E-state index in [1.165, 1.54) is 14.0 Å². The van der Waals surface area contributed by atoms with Gasteiger partial charge in [-0.3, -0.25) is 19.2 Å². The van der Waals surface area contributed by atoms with Crippen molar-refractivity contribution < 1.29 is 33.4 Å². The van der Waals surface area contributed by atoms with Gasteiger partial charge in [-0.25, -0.2) is 4.79 Å². The largest absolute Gasteiger partial charge is 0.496 e. The fraction of sp³-hybridized carbons (Fsp3) is 0.439. The molecule has 292 valence electrons. The van der Waals surface area contributed by atoms with Crippen LogP contribution in [-0.2, 0) is 29.3 Å². The van der Waals surface area contributed by atoms with Crippen LogP contribution in [0.3, 0.4) is 0 Å². The standard InChI is InChI=1S/C41H50N4O7.2H2S/c1-4-52-39(49)35(19-12-13-25-42-28(2)46)44-40(50)41(29-14-6-5-7-15-29)24-21-32(31-16-8-10-18-34(31)41)38(48)45-26-22-30(23-27-45)43-37(47)33-17-9-11-20-36(33)51-3;;/h5-11,14-18,20,30,32,35H,4,12-13,19,21-27H2,1-3H3,(H,42,46)(H,43,47)(H,44,50);2*1H2/t32-,35-,41+;;/m0../s1. The second kappa shape index (κ2) is 20.8. The molecule has 2 aliphatic rings. The first-order valence-corrected chi connectivity index (χ1v) is 18.3. The first-order chi connectivity index (χ1) is 25.2. The highest BCUT2D eigenvalue weighted by Crippen LogP contribution is 2.48. The van der Waals surface area contributed by atoms with Crippen LogP contribution in [0, 0.1) is 0 Å². The number of hydrogen-bond acceptors (Lipinski definition) is 7. The molecule has 0 bridgehead atoms. The van der Waals surface area contributed by atoms with E-state index in [2.05, 4.69) is 16.0 Å². The Bertz CT molecular complexity index is 1740. The number of likely N-dealkylation sites (tertiary alicyclic amines) is 1. The Balaban J connectivity index is 0.00000392. The molecule has 0 spiro atoms. The lowest BCUT2D eigenvalue weighted by Gasteiger charge is -2.43. The fourth-order valence-corrected chi connectivity index (χ4v) is 7.56. The zero-order valence-electron chi connectivity index (χ0n) is 31.3. The topological polar surface area (TPSA) is 143 Å². The maximum atomic E-state index is 14.7. The van der Waals surface area contributed by atoms with Crippen LogP contribution in [0.25, 0.3) is 0 Å². The molecule has 0 saturated carbocycles. The number of benzene rings is 3. The average molecular weight is 779 g/mol. The molecule has 1 fully saturated rings. The van der Waals surface area contributed by atoms with Crippen LogP contribution in [-0.4, -0.2) is 79.9 Å². The summed E-state index contributed by atoms with van der Waals surface area (Å²) >= 11 is 0. The number of fused-ring (bicyclic) bond motifs is 1. The van der Waals surface area contributed by atoms with Gasteiger partial charge in [-0.2, -0.15) is 27.0 Å². The highest BCUT2D eigenvalue weighted by molar-refractivity contribution is 7.59. The molecule has 5 rings (SSSR count). The SMILES string of the molecule is CCOC(=O)[C@H](CCCCNC(C)=O)NC(=O)[C@@]1(c2ccccc2)CC[C@H](C(=O)N2CCC(NC(=O)c3ccccc3OC)CC2)c2ccccc21.S.S. The summed E-state index contributed by atoms with van der Waals surface area (Å²) in [5.41, 5.74) is 1.66. The predicted octanol–water partition coefficient (Wildman–Crippen LogP) is 4.86. The highest BCUT2D eigenvalue weighted by atomic mass is 32.1. The van der Waals surface area contributed by atoms with Crippen LogP contribution in [0.4, 0.5) is 0 Å². The lowest BCUT2D eigenvalue weighted by atomic mass is 9.62. The number of nitrogens with one attached hydrogen (secondary N) is 3. The molecule has 1 saturated heterocycles. The minimum atomic E-state index is -1.15. The third-order valence-electron chi connectivity index (χ3n) is 10.2.